The number of sulfonamides is 1. The Hall–Kier alpha value is -1.77. The molecule has 0 atom stereocenters. The van der Waals surface area contributed by atoms with Crippen LogP contribution in [-0.2, 0) is 21.2 Å². The predicted molar refractivity (Wildman–Crippen MR) is 92.4 cm³/mol. The Bertz CT molecular complexity index is 793. The normalized spacial score (nSPS) is 11.2. The molecule has 0 radical (unpaired) electrons. The van der Waals surface area contributed by atoms with Crippen LogP contribution in [0.15, 0.2) is 57.9 Å². The zero-order valence-corrected chi connectivity index (χ0v) is 15.0. The summed E-state index contributed by atoms with van der Waals surface area (Å²) in [4.78, 5) is 11.9. The van der Waals surface area contributed by atoms with E-state index < -0.39 is 10.0 Å². The highest BCUT2D eigenvalue weighted by molar-refractivity contribution is 9.10. The van der Waals surface area contributed by atoms with Gasteiger partial charge in [-0.3, -0.25) is 4.79 Å². The number of hydrogen-bond acceptors (Lipinski definition) is 3. The quantitative estimate of drug-likeness (QED) is 0.682. The van der Waals surface area contributed by atoms with E-state index in [2.05, 4.69) is 26.0 Å². The van der Waals surface area contributed by atoms with Gasteiger partial charge in [-0.05, 0) is 42.0 Å². The lowest BCUT2D eigenvalue weighted by Crippen LogP contribution is -2.35. The summed E-state index contributed by atoms with van der Waals surface area (Å²) in [6, 6.07) is 11.9. The Morgan fingerprint density at radius 1 is 1.00 bits per heavy atom. The molecule has 0 saturated heterocycles. The van der Waals surface area contributed by atoms with Gasteiger partial charge in [-0.25, -0.2) is 17.5 Å². The van der Waals surface area contributed by atoms with Crippen molar-refractivity contribution in [2.24, 2.45) is 0 Å². The lowest BCUT2D eigenvalue weighted by molar-refractivity contribution is -0.120. The summed E-state index contributed by atoms with van der Waals surface area (Å²) in [5.74, 6) is -0.619. The van der Waals surface area contributed by atoms with Gasteiger partial charge in [0.15, 0.2) is 0 Å². The van der Waals surface area contributed by atoms with Gasteiger partial charge in [0.1, 0.15) is 5.82 Å². The molecule has 5 nitrogen and oxygen atoms in total. The molecule has 2 aromatic rings. The molecule has 128 valence electrons. The number of hydrogen-bond donors (Lipinski definition) is 2. The standard InChI is InChI=1S/C16H16BrFN2O3S/c17-13-3-7-15(8-4-13)24(22,23)20-10-9-19-16(21)11-12-1-5-14(18)6-2-12/h1-8,20H,9-11H2,(H,19,21). The largest absolute Gasteiger partial charge is 0.355 e. The number of benzene rings is 2. The Labute approximate surface area is 148 Å². The van der Waals surface area contributed by atoms with E-state index in [9.17, 15) is 17.6 Å². The van der Waals surface area contributed by atoms with Gasteiger partial charge in [0.2, 0.25) is 15.9 Å². The van der Waals surface area contributed by atoms with Crippen molar-refractivity contribution in [3.8, 4) is 0 Å². The summed E-state index contributed by atoms with van der Waals surface area (Å²) in [6.07, 6.45) is 0.111. The molecule has 24 heavy (non-hydrogen) atoms. The first kappa shape index (κ1) is 18.6. The summed E-state index contributed by atoms with van der Waals surface area (Å²) in [5.41, 5.74) is 0.685. The summed E-state index contributed by atoms with van der Waals surface area (Å²) < 4.78 is 40.1. The first-order valence-corrected chi connectivity index (χ1v) is 9.41. The molecule has 0 fully saturated rings. The van der Waals surface area contributed by atoms with E-state index in [4.69, 9.17) is 0 Å². The molecule has 0 aliphatic heterocycles. The first-order chi connectivity index (χ1) is 11.4. The smallest absolute Gasteiger partial charge is 0.240 e. The molecule has 0 bridgehead atoms. The Morgan fingerprint density at radius 2 is 1.62 bits per heavy atom. The van der Waals surface area contributed by atoms with Crippen molar-refractivity contribution in [2.75, 3.05) is 13.1 Å². The van der Waals surface area contributed by atoms with Crippen LogP contribution in [0, 0.1) is 5.82 Å². The first-order valence-electron chi connectivity index (χ1n) is 7.13. The molecule has 0 aromatic heterocycles. The molecule has 2 aromatic carbocycles. The summed E-state index contributed by atoms with van der Waals surface area (Å²) in [7, 11) is -3.60. The fraction of sp³-hybridized carbons (Fsp3) is 0.188. The van der Waals surface area contributed by atoms with E-state index in [0.29, 0.717) is 5.56 Å². The molecule has 2 rings (SSSR count). The van der Waals surface area contributed by atoms with Crippen molar-refractivity contribution >= 4 is 31.9 Å². The highest BCUT2D eigenvalue weighted by atomic mass is 79.9. The molecule has 0 aliphatic carbocycles. The van der Waals surface area contributed by atoms with E-state index in [0.717, 1.165) is 4.47 Å². The van der Waals surface area contributed by atoms with Crippen LogP contribution in [-0.4, -0.2) is 27.4 Å². The van der Waals surface area contributed by atoms with Gasteiger partial charge >= 0.3 is 0 Å². The molecule has 1 amide bonds. The Morgan fingerprint density at radius 3 is 2.25 bits per heavy atom. The second-order valence-corrected chi connectivity index (χ2v) is 7.69. The number of carbonyl (C=O) groups is 1. The summed E-state index contributed by atoms with van der Waals surface area (Å²) >= 11 is 3.24. The van der Waals surface area contributed by atoms with E-state index in [1.807, 2.05) is 0 Å². The summed E-state index contributed by atoms with van der Waals surface area (Å²) in [5, 5.41) is 2.61. The zero-order valence-electron chi connectivity index (χ0n) is 12.6. The summed E-state index contributed by atoms with van der Waals surface area (Å²) in [6.45, 7) is 0.239. The van der Waals surface area contributed by atoms with E-state index in [1.54, 1.807) is 12.1 Å². The number of amides is 1. The van der Waals surface area contributed by atoms with Crippen LogP contribution in [0.2, 0.25) is 0 Å². The Balaban J connectivity index is 1.76. The van der Waals surface area contributed by atoms with Crippen molar-refractivity contribution in [3.05, 3.63) is 64.4 Å². The number of nitrogens with one attached hydrogen (secondary N) is 2. The molecule has 2 N–H and O–H groups in total. The molecule has 0 heterocycles. The van der Waals surface area contributed by atoms with Gasteiger partial charge in [-0.1, -0.05) is 28.1 Å². The van der Waals surface area contributed by atoms with Crippen LogP contribution in [0.4, 0.5) is 4.39 Å². The third-order valence-electron chi connectivity index (χ3n) is 3.14. The SMILES string of the molecule is O=C(Cc1ccc(F)cc1)NCCNS(=O)(=O)c1ccc(Br)cc1. The third kappa shape index (κ3) is 5.70. The van der Waals surface area contributed by atoms with Crippen LogP contribution in [0.5, 0.6) is 0 Å². The lowest BCUT2D eigenvalue weighted by atomic mass is 10.1. The molecular formula is C16H16BrFN2O3S. The number of rotatable bonds is 7. The topological polar surface area (TPSA) is 75.3 Å². The van der Waals surface area contributed by atoms with Gasteiger partial charge in [0.25, 0.3) is 0 Å². The lowest BCUT2D eigenvalue weighted by Gasteiger charge is -2.08. The van der Waals surface area contributed by atoms with Crippen molar-refractivity contribution in [1.82, 2.24) is 10.0 Å². The number of halogens is 2. The van der Waals surface area contributed by atoms with Gasteiger partial charge in [0, 0.05) is 17.6 Å². The van der Waals surface area contributed by atoms with Gasteiger partial charge in [-0.15, -0.1) is 0 Å². The van der Waals surface area contributed by atoms with E-state index in [1.165, 1.54) is 36.4 Å². The fourth-order valence-corrected chi connectivity index (χ4v) is 3.23. The van der Waals surface area contributed by atoms with Crippen molar-refractivity contribution in [3.63, 3.8) is 0 Å². The minimum Gasteiger partial charge on any atom is -0.355 e. The van der Waals surface area contributed by atoms with Crippen LogP contribution in [0.3, 0.4) is 0 Å². The molecule has 0 aliphatic rings. The monoisotopic (exact) mass is 414 g/mol. The highest BCUT2D eigenvalue weighted by Gasteiger charge is 2.13. The average molecular weight is 415 g/mol. The molecule has 0 unspecified atom stereocenters. The average Bonchev–Trinajstić information content (AvgIpc) is 2.54. The van der Waals surface area contributed by atoms with Crippen molar-refractivity contribution in [1.29, 1.82) is 0 Å². The van der Waals surface area contributed by atoms with Gasteiger partial charge in [-0.2, -0.15) is 0 Å². The molecule has 0 saturated carbocycles. The van der Waals surface area contributed by atoms with Crippen molar-refractivity contribution in [2.45, 2.75) is 11.3 Å². The van der Waals surface area contributed by atoms with Crippen LogP contribution in [0.1, 0.15) is 5.56 Å². The second kappa shape index (κ2) is 8.36. The third-order valence-corrected chi connectivity index (χ3v) is 5.15. The van der Waals surface area contributed by atoms with Gasteiger partial charge in [0.05, 0.1) is 11.3 Å². The highest BCUT2D eigenvalue weighted by Crippen LogP contribution is 2.14. The Kier molecular flexibility index (Phi) is 6.47. The van der Waals surface area contributed by atoms with Crippen molar-refractivity contribution < 1.29 is 17.6 Å². The molecule has 0 spiro atoms. The van der Waals surface area contributed by atoms with E-state index >= 15 is 0 Å². The zero-order chi connectivity index (χ0) is 17.6. The molecular weight excluding hydrogens is 399 g/mol. The van der Waals surface area contributed by atoms with E-state index in [-0.39, 0.29) is 36.1 Å². The van der Waals surface area contributed by atoms with Crippen LogP contribution >= 0.6 is 15.9 Å². The minimum atomic E-state index is -3.60. The predicted octanol–water partition coefficient (Wildman–Crippen LogP) is 2.23. The molecule has 8 heteroatoms. The second-order valence-electron chi connectivity index (χ2n) is 5.00. The van der Waals surface area contributed by atoms with Crippen LogP contribution in [0.25, 0.3) is 0 Å². The maximum atomic E-state index is 12.8. The maximum Gasteiger partial charge on any atom is 0.240 e. The maximum absolute atomic E-state index is 12.8. The van der Waals surface area contributed by atoms with Gasteiger partial charge < -0.3 is 5.32 Å². The minimum absolute atomic E-state index is 0.0769. The number of carbonyl (C=O) groups excluding carboxylic acids is 1. The van der Waals surface area contributed by atoms with Crippen LogP contribution < -0.4 is 10.0 Å². The fourth-order valence-electron chi connectivity index (χ4n) is 1.93.